The standard InChI is InChI=1S/C18H19FN2O2/c1-13(15-5-3-2-4-6-15)21-18(23)11-17(22)20-12-14-7-9-16(19)10-8-14/h2-10,13H,11-12H2,1H3,(H,20,22)(H,21,23). The molecule has 2 rings (SSSR count). The summed E-state index contributed by atoms with van der Waals surface area (Å²) < 4.78 is 12.8. The van der Waals surface area contributed by atoms with E-state index in [1.807, 2.05) is 37.3 Å². The average molecular weight is 314 g/mol. The summed E-state index contributed by atoms with van der Waals surface area (Å²) in [6, 6.07) is 15.2. The monoisotopic (exact) mass is 314 g/mol. The molecule has 0 saturated carbocycles. The number of rotatable bonds is 6. The van der Waals surface area contributed by atoms with E-state index in [0.717, 1.165) is 11.1 Å². The van der Waals surface area contributed by atoms with Crippen molar-refractivity contribution in [3.05, 3.63) is 71.5 Å². The van der Waals surface area contributed by atoms with Crippen LogP contribution in [0.5, 0.6) is 0 Å². The molecule has 4 nitrogen and oxygen atoms in total. The van der Waals surface area contributed by atoms with Gasteiger partial charge >= 0.3 is 0 Å². The minimum Gasteiger partial charge on any atom is -0.352 e. The third-order valence-corrected chi connectivity index (χ3v) is 3.40. The van der Waals surface area contributed by atoms with Crippen molar-refractivity contribution in [1.82, 2.24) is 10.6 Å². The zero-order valence-corrected chi connectivity index (χ0v) is 12.9. The Bertz CT molecular complexity index is 656. The van der Waals surface area contributed by atoms with Crippen LogP contribution in [-0.2, 0) is 16.1 Å². The van der Waals surface area contributed by atoms with E-state index < -0.39 is 0 Å². The Morgan fingerprint density at radius 2 is 1.65 bits per heavy atom. The minimum atomic E-state index is -0.368. The first-order valence-electron chi connectivity index (χ1n) is 7.40. The molecule has 0 saturated heterocycles. The van der Waals surface area contributed by atoms with Crippen molar-refractivity contribution in [3.8, 4) is 0 Å². The van der Waals surface area contributed by atoms with E-state index in [0.29, 0.717) is 0 Å². The van der Waals surface area contributed by atoms with E-state index in [9.17, 15) is 14.0 Å². The molecule has 1 unspecified atom stereocenters. The van der Waals surface area contributed by atoms with Crippen LogP contribution in [0.2, 0.25) is 0 Å². The molecule has 2 amide bonds. The van der Waals surface area contributed by atoms with E-state index in [2.05, 4.69) is 10.6 Å². The lowest BCUT2D eigenvalue weighted by molar-refractivity contribution is -0.129. The molecule has 0 fully saturated rings. The number of nitrogens with one attached hydrogen (secondary N) is 2. The van der Waals surface area contributed by atoms with Crippen LogP contribution in [0.15, 0.2) is 54.6 Å². The Balaban J connectivity index is 1.76. The van der Waals surface area contributed by atoms with Gasteiger partial charge in [0, 0.05) is 6.54 Å². The average Bonchev–Trinajstić information content (AvgIpc) is 2.55. The lowest BCUT2D eigenvalue weighted by Gasteiger charge is -2.14. The highest BCUT2D eigenvalue weighted by atomic mass is 19.1. The van der Waals surface area contributed by atoms with Crippen LogP contribution >= 0.6 is 0 Å². The fourth-order valence-electron chi connectivity index (χ4n) is 2.13. The normalized spacial score (nSPS) is 11.6. The van der Waals surface area contributed by atoms with Gasteiger partial charge < -0.3 is 10.6 Å². The lowest BCUT2D eigenvalue weighted by atomic mass is 10.1. The maximum Gasteiger partial charge on any atom is 0.229 e. The van der Waals surface area contributed by atoms with Gasteiger partial charge in [0.2, 0.25) is 11.8 Å². The van der Waals surface area contributed by atoms with Crippen molar-refractivity contribution in [1.29, 1.82) is 0 Å². The molecule has 120 valence electrons. The first-order chi connectivity index (χ1) is 11.0. The minimum absolute atomic E-state index is 0.159. The quantitative estimate of drug-likeness (QED) is 0.806. The van der Waals surface area contributed by atoms with Gasteiger partial charge in [-0.1, -0.05) is 42.5 Å². The van der Waals surface area contributed by atoms with Gasteiger partial charge in [0.15, 0.2) is 0 Å². The second-order valence-electron chi connectivity index (χ2n) is 5.28. The van der Waals surface area contributed by atoms with E-state index in [4.69, 9.17) is 0 Å². The summed E-state index contributed by atoms with van der Waals surface area (Å²) in [4.78, 5) is 23.6. The summed E-state index contributed by atoms with van der Waals surface area (Å²) in [6.07, 6.45) is -0.238. The van der Waals surface area contributed by atoms with E-state index in [-0.39, 0.29) is 36.6 Å². The molecule has 0 spiro atoms. The van der Waals surface area contributed by atoms with Crippen LogP contribution in [0.1, 0.15) is 30.5 Å². The highest BCUT2D eigenvalue weighted by molar-refractivity contribution is 5.96. The highest BCUT2D eigenvalue weighted by Crippen LogP contribution is 2.11. The molecule has 2 N–H and O–H groups in total. The van der Waals surface area contributed by atoms with Crippen molar-refractivity contribution in [2.24, 2.45) is 0 Å². The molecule has 2 aromatic carbocycles. The van der Waals surface area contributed by atoms with Gasteiger partial charge in [0.25, 0.3) is 0 Å². The summed E-state index contributed by atoms with van der Waals surface area (Å²) >= 11 is 0. The van der Waals surface area contributed by atoms with Gasteiger partial charge in [-0.25, -0.2) is 4.39 Å². The lowest BCUT2D eigenvalue weighted by Crippen LogP contribution is -2.33. The Morgan fingerprint density at radius 1 is 1.00 bits per heavy atom. The maximum atomic E-state index is 12.8. The highest BCUT2D eigenvalue weighted by Gasteiger charge is 2.13. The van der Waals surface area contributed by atoms with Crippen LogP contribution in [0.3, 0.4) is 0 Å². The molecule has 0 radical (unpaired) electrons. The predicted molar refractivity (Wildman–Crippen MR) is 85.9 cm³/mol. The fourth-order valence-corrected chi connectivity index (χ4v) is 2.13. The topological polar surface area (TPSA) is 58.2 Å². The largest absolute Gasteiger partial charge is 0.352 e. The van der Waals surface area contributed by atoms with E-state index in [1.165, 1.54) is 12.1 Å². The predicted octanol–water partition coefficient (Wildman–Crippen LogP) is 2.71. The second-order valence-corrected chi connectivity index (χ2v) is 5.28. The number of hydrogen-bond acceptors (Lipinski definition) is 2. The molecule has 0 heterocycles. The molecule has 23 heavy (non-hydrogen) atoms. The van der Waals surface area contributed by atoms with Crippen molar-refractivity contribution >= 4 is 11.8 Å². The van der Waals surface area contributed by atoms with E-state index >= 15 is 0 Å². The molecule has 1 atom stereocenters. The van der Waals surface area contributed by atoms with E-state index in [1.54, 1.807) is 12.1 Å². The van der Waals surface area contributed by atoms with Crippen LogP contribution in [-0.4, -0.2) is 11.8 Å². The molecule has 2 aromatic rings. The third-order valence-electron chi connectivity index (χ3n) is 3.40. The van der Waals surface area contributed by atoms with Crippen LogP contribution < -0.4 is 10.6 Å². The number of halogens is 1. The number of carbonyl (C=O) groups is 2. The molecule has 0 aliphatic heterocycles. The molecular weight excluding hydrogens is 295 g/mol. The van der Waals surface area contributed by atoms with Gasteiger partial charge in [-0.3, -0.25) is 9.59 Å². The first-order valence-corrected chi connectivity index (χ1v) is 7.40. The Hall–Kier alpha value is -2.69. The summed E-state index contributed by atoms with van der Waals surface area (Å²) in [5, 5.41) is 5.42. The van der Waals surface area contributed by atoms with Crippen LogP contribution in [0, 0.1) is 5.82 Å². The van der Waals surface area contributed by atoms with Crippen molar-refractivity contribution in [2.75, 3.05) is 0 Å². The number of carbonyl (C=O) groups excluding carboxylic acids is 2. The molecule has 0 bridgehead atoms. The number of benzene rings is 2. The summed E-state index contributed by atoms with van der Waals surface area (Å²) in [5.74, 6) is -1.03. The van der Waals surface area contributed by atoms with Gasteiger partial charge in [-0.15, -0.1) is 0 Å². The van der Waals surface area contributed by atoms with Crippen LogP contribution in [0.4, 0.5) is 4.39 Å². The van der Waals surface area contributed by atoms with Crippen molar-refractivity contribution < 1.29 is 14.0 Å². The van der Waals surface area contributed by atoms with Gasteiger partial charge in [-0.05, 0) is 30.2 Å². The second kappa shape index (κ2) is 8.08. The fraction of sp³-hybridized carbons (Fsp3) is 0.222. The molecule has 0 aliphatic rings. The number of hydrogen-bond donors (Lipinski definition) is 2. The molecule has 5 heteroatoms. The first kappa shape index (κ1) is 16.7. The maximum absolute atomic E-state index is 12.8. The van der Waals surface area contributed by atoms with Crippen molar-refractivity contribution in [3.63, 3.8) is 0 Å². The van der Waals surface area contributed by atoms with Gasteiger partial charge in [0.1, 0.15) is 12.2 Å². The third kappa shape index (κ3) is 5.54. The van der Waals surface area contributed by atoms with Crippen molar-refractivity contribution in [2.45, 2.75) is 25.9 Å². The van der Waals surface area contributed by atoms with Gasteiger partial charge in [-0.2, -0.15) is 0 Å². The SMILES string of the molecule is CC(NC(=O)CC(=O)NCc1ccc(F)cc1)c1ccccc1. The Kier molecular flexibility index (Phi) is 5.86. The zero-order chi connectivity index (χ0) is 16.7. The molecule has 0 aliphatic carbocycles. The van der Waals surface area contributed by atoms with Gasteiger partial charge in [0.05, 0.1) is 6.04 Å². The summed E-state index contributed by atoms with van der Waals surface area (Å²) in [5.41, 5.74) is 1.75. The smallest absolute Gasteiger partial charge is 0.229 e. The summed E-state index contributed by atoms with van der Waals surface area (Å²) in [7, 11) is 0. The Labute approximate surface area is 134 Å². The molecule has 0 aromatic heterocycles. The zero-order valence-electron chi connectivity index (χ0n) is 12.9. The summed E-state index contributed by atoms with van der Waals surface area (Å²) in [6.45, 7) is 2.13. The number of amides is 2. The van der Waals surface area contributed by atoms with Crippen LogP contribution in [0.25, 0.3) is 0 Å². The molecular formula is C18H19FN2O2. The Morgan fingerprint density at radius 3 is 2.30 bits per heavy atom.